The van der Waals surface area contributed by atoms with Crippen molar-refractivity contribution in [2.45, 2.75) is 12.1 Å². The lowest BCUT2D eigenvalue weighted by molar-refractivity contribution is -0.150. The van der Waals surface area contributed by atoms with Crippen molar-refractivity contribution in [1.82, 2.24) is 5.32 Å². The van der Waals surface area contributed by atoms with Gasteiger partial charge in [-0.1, -0.05) is 35.5 Å². The van der Waals surface area contributed by atoms with Crippen LogP contribution in [0.15, 0.2) is 53.1 Å². The van der Waals surface area contributed by atoms with Gasteiger partial charge in [0.25, 0.3) is 0 Å². The Morgan fingerprint density at radius 1 is 1.13 bits per heavy atom. The molecule has 0 aromatic heterocycles. The molecule has 39 heavy (non-hydrogen) atoms. The number of ether oxygens (including phenoxy) is 2. The Morgan fingerprint density at radius 2 is 1.79 bits per heavy atom. The summed E-state index contributed by atoms with van der Waals surface area (Å²) < 4.78 is 48.5. The van der Waals surface area contributed by atoms with E-state index in [1.54, 1.807) is 0 Å². The van der Waals surface area contributed by atoms with Crippen molar-refractivity contribution >= 4 is 52.8 Å². The van der Waals surface area contributed by atoms with Crippen molar-refractivity contribution in [2.75, 3.05) is 25.3 Å². The number of hydrogen-bond acceptors (Lipinski definition) is 8. The minimum absolute atomic E-state index is 0.0324. The molecule has 0 unspecified atom stereocenters. The molecule has 204 valence electrons. The lowest BCUT2D eigenvalue weighted by atomic mass is 9.78. The first-order chi connectivity index (χ1) is 18.4. The van der Waals surface area contributed by atoms with E-state index in [2.05, 4.69) is 15.4 Å². The lowest BCUT2D eigenvalue weighted by Gasteiger charge is -2.31. The Morgan fingerprint density at radius 3 is 2.36 bits per heavy atom. The molecule has 0 aliphatic carbocycles. The molecule has 2 N–H and O–H groups in total. The van der Waals surface area contributed by atoms with Gasteiger partial charge in [0, 0.05) is 5.92 Å². The molecule has 1 aliphatic heterocycles. The van der Waals surface area contributed by atoms with Gasteiger partial charge in [0.05, 0.1) is 58.5 Å². The van der Waals surface area contributed by atoms with Crippen LogP contribution in [-0.2, 0) is 30.0 Å². The van der Waals surface area contributed by atoms with Gasteiger partial charge in [-0.05, 0) is 35.9 Å². The number of carbonyl (C=O) groups is 4. The average molecular weight is 582 g/mol. The zero-order valence-corrected chi connectivity index (χ0v) is 21.8. The Bertz CT molecular complexity index is 1390. The van der Waals surface area contributed by atoms with Crippen molar-refractivity contribution in [3.8, 4) is 6.07 Å². The second kappa shape index (κ2) is 12.2. The first kappa shape index (κ1) is 29.5. The fourth-order valence-electron chi connectivity index (χ4n) is 3.75. The second-order valence-electron chi connectivity index (χ2n) is 7.97. The van der Waals surface area contributed by atoms with Crippen LogP contribution in [0.3, 0.4) is 0 Å². The highest BCUT2D eigenvalue weighted by Gasteiger charge is 2.44. The number of hydrogen-bond donors (Lipinski definition) is 2. The van der Waals surface area contributed by atoms with Crippen molar-refractivity contribution in [1.29, 1.82) is 5.26 Å². The third-order valence-corrected chi connectivity index (χ3v) is 6.94. The van der Waals surface area contributed by atoms with E-state index in [-0.39, 0.29) is 26.9 Å². The van der Waals surface area contributed by atoms with Crippen molar-refractivity contribution in [2.24, 2.45) is 5.92 Å². The SMILES string of the molecule is COC(=O)c1ccc([C@H]2C(C#N)=C(SCC(=O)Nc3cc(C(F)(F)F)ccc3Cl)NC(=O)[C@@H]2C(=O)OC)cc1. The van der Waals surface area contributed by atoms with Crippen LogP contribution in [0.1, 0.15) is 27.4 Å². The Hall–Kier alpha value is -4.02. The predicted octanol–water partition coefficient (Wildman–Crippen LogP) is 4.26. The predicted molar refractivity (Wildman–Crippen MR) is 134 cm³/mol. The number of halogens is 4. The smallest absolute Gasteiger partial charge is 0.416 e. The Kier molecular flexibility index (Phi) is 9.26. The molecule has 9 nitrogen and oxygen atoms in total. The van der Waals surface area contributed by atoms with Crippen LogP contribution >= 0.6 is 23.4 Å². The van der Waals surface area contributed by atoms with E-state index in [1.165, 1.54) is 31.4 Å². The maximum absolute atomic E-state index is 13.0. The number of anilines is 1. The van der Waals surface area contributed by atoms with Crippen LogP contribution in [-0.4, -0.2) is 43.7 Å². The quantitative estimate of drug-likeness (QED) is 0.366. The molecular weight excluding hydrogens is 563 g/mol. The van der Waals surface area contributed by atoms with Gasteiger partial charge in [-0.3, -0.25) is 14.4 Å². The molecule has 2 amide bonds. The van der Waals surface area contributed by atoms with Gasteiger partial charge in [-0.2, -0.15) is 18.4 Å². The van der Waals surface area contributed by atoms with Gasteiger partial charge in [-0.15, -0.1) is 0 Å². The first-order valence-electron chi connectivity index (χ1n) is 10.9. The highest BCUT2D eigenvalue weighted by atomic mass is 35.5. The molecule has 1 aliphatic rings. The van der Waals surface area contributed by atoms with Gasteiger partial charge in [0.15, 0.2) is 0 Å². The molecule has 2 aromatic rings. The average Bonchev–Trinajstić information content (AvgIpc) is 2.91. The number of alkyl halides is 3. The van der Waals surface area contributed by atoms with E-state index in [0.29, 0.717) is 11.6 Å². The highest BCUT2D eigenvalue weighted by molar-refractivity contribution is 8.03. The van der Waals surface area contributed by atoms with E-state index < -0.39 is 53.1 Å². The van der Waals surface area contributed by atoms with Crippen LogP contribution in [0.5, 0.6) is 0 Å². The summed E-state index contributed by atoms with van der Waals surface area (Å²) >= 11 is 6.65. The van der Waals surface area contributed by atoms with Gasteiger partial charge in [-0.25, -0.2) is 4.79 Å². The van der Waals surface area contributed by atoms with E-state index >= 15 is 0 Å². The third-order valence-electron chi connectivity index (χ3n) is 5.59. The summed E-state index contributed by atoms with van der Waals surface area (Å²) in [5.41, 5.74) is -0.820. The Labute approximate surface area is 229 Å². The number of rotatable bonds is 7. The summed E-state index contributed by atoms with van der Waals surface area (Å²) in [5, 5.41) is 14.5. The number of amides is 2. The lowest BCUT2D eigenvalue weighted by Crippen LogP contribution is -2.44. The molecule has 0 bridgehead atoms. The minimum Gasteiger partial charge on any atom is -0.468 e. The van der Waals surface area contributed by atoms with E-state index in [1.807, 2.05) is 6.07 Å². The number of nitrogens with one attached hydrogen (secondary N) is 2. The molecule has 14 heteroatoms. The molecule has 2 aromatic carbocycles. The Balaban J connectivity index is 1.90. The summed E-state index contributed by atoms with van der Waals surface area (Å²) in [5.74, 6) is -6.09. The number of methoxy groups -OCH3 is 2. The number of nitrogens with zero attached hydrogens (tertiary/aromatic N) is 1. The van der Waals surface area contributed by atoms with Crippen LogP contribution < -0.4 is 10.6 Å². The summed E-state index contributed by atoms with van der Waals surface area (Å²) in [7, 11) is 2.28. The molecule has 0 saturated carbocycles. The van der Waals surface area contributed by atoms with Gasteiger partial charge >= 0.3 is 18.1 Å². The topological polar surface area (TPSA) is 135 Å². The molecule has 0 spiro atoms. The van der Waals surface area contributed by atoms with Crippen LogP contribution in [0.25, 0.3) is 0 Å². The molecule has 3 rings (SSSR count). The van der Waals surface area contributed by atoms with E-state index in [0.717, 1.165) is 31.0 Å². The fourth-order valence-corrected chi connectivity index (χ4v) is 4.76. The highest BCUT2D eigenvalue weighted by Crippen LogP contribution is 2.40. The van der Waals surface area contributed by atoms with Crippen molar-refractivity contribution in [3.63, 3.8) is 0 Å². The normalized spacial score (nSPS) is 17.1. The zero-order chi connectivity index (χ0) is 28.9. The number of carbonyl (C=O) groups excluding carboxylic acids is 4. The largest absolute Gasteiger partial charge is 0.468 e. The number of allylic oxidation sites excluding steroid dienone is 1. The van der Waals surface area contributed by atoms with Crippen molar-refractivity contribution < 1.29 is 41.8 Å². The third kappa shape index (κ3) is 6.71. The molecule has 1 heterocycles. The van der Waals surface area contributed by atoms with Gasteiger partial charge in [0.2, 0.25) is 11.8 Å². The van der Waals surface area contributed by atoms with Crippen LogP contribution in [0, 0.1) is 17.2 Å². The molecule has 0 radical (unpaired) electrons. The van der Waals surface area contributed by atoms with Crippen LogP contribution in [0.4, 0.5) is 18.9 Å². The molecule has 0 fully saturated rings. The maximum Gasteiger partial charge on any atom is 0.416 e. The summed E-state index contributed by atoms with van der Waals surface area (Å²) in [6, 6.07) is 10.1. The molecule has 2 atom stereocenters. The van der Waals surface area contributed by atoms with Gasteiger partial charge in [0.1, 0.15) is 5.92 Å². The fraction of sp³-hybridized carbons (Fsp3) is 0.240. The number of thioether (sulfide) groups is 1. The summed E-state index contributed by atoms with van der Waals surface area (Å²) in [4.78, 5) is 49.7. The van der Waals surface area contributed by atoms with Gasteiger partial charge < -0.3 is 20.1 Å². The molecular formula is C25H19ClF3N3O6S. The van der Waals surface area contributed by atoms with E-state index in [4.69, 9.17) is 16.3 Å². The second-order valence-corrected chi connectivity index (χ2v) is 9.36. The standard InChI is InChI=1S/C25H19ClF3N3O6S/c1-37-23(35)13-5-3-12(4-6-13)19-15(10-30)22(32-21(34)20(19)24(36)38-2)39-11-18(33)31-17-9-14(25(27,28)29)7-8-16(17)26/h3-9,19-20H,11H2,1-2H3,(H,31,33)(H,32,34)/t19-,20+/m0/s1. The molecule has 0 saturated heterocycles. The summed E-state index contributed by atoms with van der Waals surface area (Å²) in [6.45, 7) is 0. The zero-order valence-electron chi connectivity index (χ0n) is 20.2. The number of esters is 2. The monoisotopic (exact) mass is 581 g/mol. The first-order valence-corrected chi connectivity index (χ1v) is 12.3. The van der Waals surface area contributed by atoms with Crippen molar-refractivity contribution in [3.05, 3.63) is 74.8 Å². The maximum atomic E-state index is 13.0. The van der Waals surface area contributed by atoms with Crippen LogP contribution in [0.2, 0.25) is 5.02 Å². The minimum atomic E-state index is -4.65. The summed E-state index contributed by atoms with van der Waals surface area (Å²) in [6.07, 6.45) is -4.65. The van der Waals surface area contributed by atoms with E-state index in [9.17, 15) is 37.6 Å². The number of benzene rings is 2. The number of nitriles is 1.